The Hall–Kier alpha value is -4.82. The minimum absolute atomic E-state index is 0.0606. The number of hydrogen-bond donors (Lipinski definition) is 5. The zero-order chi connectivity index (χ0) is 38.0. The summed E-state index contributed by atoms with van der Waals surface area (Å²) < 4.78 is 34.9. The minimum atomic E-state index is -4.07. The van der Waals surface area contributed by atoms with Crippen molar-refractivity contribution in [3.05, 3.63) is 94.5 Å². The summed E-state index contributed by atoms with van der Waals surface area (Å²) in [6, 6.07) is 21.0. The van der Waals surface area contributed by atoms with Gasteiger partial charge < -0.3 is 19.9 Å². The predicted octanol–water partition coefficient (Wildman–Crippen LogP) is 7.98. The minimum Gasteiger partial charge on any atom is -0.493 e. The third kappa shape index (κ3) is 8.96. The molecule has 0 aliphatic rings. The first kappa shape index (κ1) is 38.4. The highest BCUT2D eigenvalue weighted by Gasteiger charge is 2.35. The van der Waals surface area contributed by atoms with E-state index in [1.165, 1.54) is 18.2 Å². The second kappa shape index (κ2) is 15.0. The summed E-state index contributed by atoms with van der Waals surface area (Å²) in [5.41, 5.74) is 4.44. The third-order valence-corrected chi connectivity index (χ3v) is 10.4. The summed E-state index contributed by atoms with van der Waals surface area (Å²) in [6.45, 7) is 7.63. The van der Waals surface area contributed by atoms with E-state index in [9.17, 15) is 18.0 Å². The van der Waals surface area contributed by atoms with E-state index in [1.54, 1.807) is 61.8 Å². The number of sulfonamides is 1. The van der Waals surface area contributed by atoms with Gasteiger partial charge in [-0.25, -0.2) is 18.9 Å². The maximum absolute atomic E-state index is 13.3. The summed E-state index contributed by atoms with van der Waals surface area (Å²) >= 11 is 13.0. The molecule has 0 fully saturated rings. The van der Waals surface area contributed by atoms with E-state index < -0.39 is 32.7 Å². The van der Waals surface area contributed by atoms with Gasteiger partial charge in [-0.2, -0.15) is 0 Å². The molecule has 5 rings (SSSR count). The number of ether oxygens (including phenoxy) is 1. The second-order valence-electron chi connectivity index (χ2n) is 14.1. The van der Waals surface area contributed by atoms with Crippen molar-refractivity contribution < 1.29 is 28.0 Å². The van der Waals surface area contributed by atoms with Gasteiger partial charge in [-0.1, -0.05) is 50.9 Å². The molecule has 0 aliphatic carbocycles. The fourth-order valence-electron chi connectivity index (χ4n) is 5.82. The van der Waals surface area contributed by atoms with Crippen molar-refractivity contribution >= 4 is 73.1 Å². The topological polar surface area (TPSA) is 166 Å². The Balaban J connectivity index is 1.23. The van der Waals surface area contributed by atoms with Gasteiger partial charge in [0.15, 0.2) is 0 Å². The van der Waals surface area contributed by atoms with Gasteiger partial charge in [0.25, 0.3) is 15.9 Å². The normalized spacial score (nSPS) is 12.0. The quantitative estimate of drug-likeness (QED) is 0.0594. The number of carbonyl (C=O) groups is 2. The molecule has 0 aliphatic heterocycles. The number of hydroxylamine groups is 1. The predicted molar refractivity (Wildman–Crippen MR) is 205 cm³/mol. The van der Waals surface area contributed by atoms with Crippen molar-refractivity contribution in [1.82, 2.24) is 15.4 Å². The molecule has 5 aromatic rings. The maximum Gasteiger partial charge on any atom is 0.261 e. The average Bonchev–Trinajstić information content (AvgIpc) is 3.51. The highest BCUT2D eigenvalue weighted by atomic mass is 35.5. The van der Waals surface area contributed by atoms with Crippen LogP contribution in [-0.4, -0.2) is 56.1 Å². The van der Waals surface area contributed by atoms with Crippen LogP contribution in [0.1, 0.15) is 44.5 Å². The molecule has 0 saturated heterocycles. The summed E-state index contributed by atoms with van der Waals surface area (Å²) in [4.78, 5) is 35.0. The first-order valence-corrected chi connectivity index (χ1v) is 18.4. The van der Waals surface area contributed by atoms with E-state index >= 15 is 0 Å². The van der Waals surface area contributed by atoms with Crippen molar-refractivity contribution in [2.45, 2.75) is 39.0 Å². The van der Waals surface area contributed by atoms with Crippen molar-refractivity contribution in [2.75, 3.05) is 35.6 Å². The van der Waals surface area contributed by atoms with E-state index in [-0.39, 0.29) is 27.8 Å². The number of imidazole rings is 1. The molecule has 0 bridgehead atoms. The van der Waals surface area contributed by atoms with Gasteiger partial charge in [-0.05, 0) is 90.7 Å². The van der Waals surface area contributed by atoms with Gasteiger partial charge in [-0.3, -0.25) is 19.5 Å². The van der Waals surface area contributed by atoms with Crippen LogP contribution in [0.4, 0.5) is 17.1 Å². The first-order valence-electron chi connectivity index (χ1n) is 16.2. The number of rotatable bonds is 13. The van der Waals surface area contributed by atoms with Gasteiger partial charge in [-0.15, -0.1) is 0 Å². The van der Waals surface area contributed by atoms with Crippen molar-refractivity contribution in [3.8, 4) is 17.1 Å². The van der Waals surface area contributed by atoms with Crippen LogP contribution in [0.5, 0.6) is 5.75 Å². The van der Waals surface area contributed by atoms with Gasteiger partial charge in [0.05, 0.1) is 38.1 Å². The molecule has 2 amide bonds. The zero-order valence-electron chi connectivity index (χ0n) is 29.5. The molecule has 12 nitrogen and oxygen atoms in total. The Kier molecular flexibility index (Phi) is 11.1. The molecule has 0 spiro atoms. The number of nitrogens with one attached hydrogen (secondary N) is 4. The number of hydrogen-bond acceptors (Lipinski definition) is 8. The van der Waals surface area contributed by atoms with Crippen molar-refractivity contribution in [3.63, 3.8) is 0 Å². The van der Waals surface area contributed by atoms with Crippen LogP contribution in [0, 0.1) is 10.8 Å². The van der Waals surface area contributed by atoms with Gasteiger partial charge in [0, 0.05) is 42.1 Å². The summed E-state index contributed by atoms with van der Waals surface area (Å²) in [7, 11) is -0.167. The summed E-state index contributed by atoms with van der Waals surface area (Å²) in [5, 5.41) is 12.2. The molecule has 5 N–H and O–H groups in total. The lowest BCUT2D eigenvalue weighted by Gasteiger charge is -2.33. The number of halogens is 2. The van der Waals surface area contributed by atoms with Crippen LogP contribution in [-0.2, 0) is 14.8 Å². The average molecular weight is 768 g/mol. The highest BCUT2D eigenvalue weighted by molar-refractivity contribution is 7.92. The standard InChI is InChI=1S/C37H40Cl2N6O6S/c1-36(2,20-37(3,4)35(47)43-48)21-51-25-11-7-22(8-12-25)44-52(49,50)26-13-14-27(30(39)19-26)34(46)40-23-9-15-29(38)28(17-23)33-41-31-16-10-24(45(5)6)18-32(31)42-33/h7-19,44,48H,20-21H2,1-6H3,(H,40,46)(H,41,42)(H,43,47). The fraction of sp³-hybridized carbons (Fsp3) is 0.270. The monoisotopic (exact) mass is 766 g/mol. The number of fused-ring (bicyclic) bond motifs is 1. The molecule has 1 heterocycles. The van der Waals surface area contributed by atoms with Gasteiger partial charge in [0.2, 0.25) is 5.91 Å². The van der Waals surface area contributed by atoms with Crippen LogP contribution in [0.3, 0.4) is 0 Å². The fourth-order valence-corrected chi connectivity index (χ4v) is 7.45. The molecule has 0 radical (unpaired) electrons. The Labute approximate surface area is 312 Å². The van der Waals surface area contributed by atoms with Gasteiger partial charge >= 0.3 is 0 Å². The van der Waals surface area contributed by atoms with Crippen molar-refractivity contribution in [2.24, 2.45) is 10.8 Å². The Morgan fingerprint density at radius 1 is 0.904 bits per heavy atom. The van der Waals surface area contributed by atoms with Gasteiger partial charge in [0.1, 0.15) is 11.6 Å². The summed E-state index contributed by atoms with van der Waals surface area (Å²) in [6.07, 6.45) is 0.442. The lowest BCUT2D eigenvalue weighted by Crippen LogP contribution is -2.39. The van der Waals surface area contributed by atoms with Crippen LogP contribution in [0.2, 0.25) is 10.0 Å². The van der Waals surface area contributed by atoms with Crippen molar-refractivity contribution in [1.29, 1.82) is 0 Å². The lowest BCUT2D eigenvalue weighted by molar-refractivity contribution is -0.140. The molecule has 1 aromatic heterocycles. The number of aromatic nitrogens is 2. The molecule has 52 heavy (non-hydrogen) atoms. The SMILES string of the molecule is CN(C)c1ccc2nc(-c3cc(NC(=O)c4ccc(S(=O)(=O)Nc5ccc(OCC(C)(C)CC(C)(C)C(=O)NO)cc5)cc4Cl)ccc3Cl)[nH]c2c1. The highest BCUT2D eigenvalue weighted by Crippen LogP contribution is 2.35. The number of H-pyrrole nitrogens is 1. The Bertz CT molecular complexity index is 2240. The number of carbonyl (C=O) groups excluding carboxylic acids is 2. The van der Waals surface area contributed by atoms with Crippen LogP contribution in [0.15, 0.2) is 83.8 Å². The lowest BCUT2D eigenvalue weighted by atomic mass is 9.75. The Morgan fingerprint density at radius 2 is 1.60 bits per heavy atom. The summed E-state index contributed by atoms with van der Waals surface area (Å²) in [5.74, 6) is 0.00391. The zero-order valence-corrected chi connectivity index (χ0v) is 31.8. The largest absolute Gasteiger partial charge is 0.493 e. The molecule has 0 unspecified atom stereocenters. The number of benzene rings is 4. The van der Waals surface area contributed by atoms with E-state index in [1.807, 2.05) is 51.0 Å². The number of aromatic amines is 1. The van der Waals surface area contributed by atoms with E-state index in [0.29, 0.717) is 34.3 Å². The molecular weight excluding hydrogens is 727 g/mol. The molecule has 4 aromatic carbocycles. The second-order valence-corrected chi connectivity index (χ2v) is 16.6. The molecule has 15 heteroatoms. The Morgan fingerprint density at radius 3 is 2.25 bits per heavy atom. The van der Waals surface area contributed by atoms with Crippen LogP contribution < -0.4 is 25.2 Å². The smallest absolute Gasteiger partial charge is 0.261 e. The molecule has 274 valence electrons. The van der Waals surface area contributed by atoms with E-state index in [4.69, 9.17) is 33.1 Å². The first-order chi connectivity index (χ1) is 24.4. The maximum atomic E-state index is 13.3. The van der Waals surface area contributed by atoms with Crippen LogP contribution in [0.25, 0.3) is 22.4 Å². The van der Waals surface area contributed by atoms with E-state index in [0.717, 1.165) is 16.7 Å². The number of amides is 2. The molecule has 0 saturated carbocycles. The molecular formula is C37H40Cl2N6O6S. The third-order valence-electron chi connectivity index (χ3n) is 8.33. The number of nitrogens with zero attached hydrogens (tertiary/aromatic N) is 2. The number of anilines is 3. The molecule has 0 atom stereocenters. The van der Waals surface area contributed by atoms with Crippen LogP contribution >= 0.6 is 23.2 Å². The van der Waals surface area contributed by atoms with E-state index in [2.05, 4.69) is 20.0 Å².